The summed E-state index contributed by atoms with van der Waals surface area (Å²) < 4.78 is 0. The van der Waals surface area contributed by atoms with Crippen LogP contribution in [0.5, 0.6) is 0 Å². The van der Waals surface area contributed by atoms with Gasteiger partial charge in [0.2, 0.25) is 0 Å². The molecule has 0 aromatic heterocycles. The maximum Gasteiger partial charge on any atom is 0.0543 e. The average molecular weight is 239 g/mol. The van der Waals surface area contributed by atoms with Crippen molar-refractivity contribution in [3.63, 3.8) is 0 Å². The molecule has 0 spiro atoms. The van der Waals surface area contributed by atoms with Gasteiger partial charge in [-0.3, -0.25) is 0 Å². The average Bonchev–Trinajstić information content (AvgIpc) is 2.58. The van der Waals surface area contributed by atoms with Gasteiger partial charge in [0.05, 0.1) is 6.10 Å². The van der Waals surface area contributed by atoms with E-state index in [1.807, 2.05) is 0 Å². The molecule has 4 unspecified atom stereocenters. The first kappa shape index (κ1) is 13.4. The molecule has 0 aromatic rings. The monoisotopic (exact) mass is 239 g/mol. The van der Waals surface area contributed by atoms with Gasteiger partial charge in [0, 0.05) is 6.04 Å². The summed E-state index contributed by atoms with van der Waals surface area (Å²) in [5.41, 5.74) is 0.504. The van der Waals surface area contributed by atoms with E-state index >= 15 is 0 Å². The number of aliphatic hydroxyl groups excluding tert-OH is 1. The van der Waals surface area contributed by atoms with Crippen LogP contribution in [0.4, 0.5) is 0 Å². The van der Waals surface area contributed by atoms with E-state index in [2.05, 4.69) is 26.1 Å². The fourth-order valence-electron chi connectivity index (χ4n) is 4.07. The van der Waals surface area contributed by atoms with Gasteiger partial charge in [-0.15, -0.1) is 0 Å². The molecule has 0 heterocycles. The predicted octanol–water partition coefficient (Wildman–Crippen LogP) is 2.95. The molecule has 4 atom stereocenters. The molecule has 2 rings (SSSR count). The van der Waals surface area contributed by atoms with Gasteiger partial charge in [-0.2, -0.15) is 0 Å². The second-order valence-electron chi connectivity index (χ2n) is 7.35. The summed E-state index contributed by atoms with van der Waals surface area (Å²) in [4.78, 5) is 0. The first-order valence-electron chi connectivity index (χ1n) is 7.36. The lowest BCUT2D eigenvalue weighted by Gasteiger charge is -2.39. The highest BCUT2D eigenvalue weighted by molar-refractivity contribution is 4.87. The van der Waals surface area contributed by atoms with E-state index in [4.69, 9.17) is 0 Å². The summed E-state index contributed by atoms with van der Waals surface area (Å²) in [6, 6.07) is 0.700. The van der Waals surface area contributed by atoms with Gasteiger partial charge in [0.1, 0.15) is 0 Å². The molecule has 0 saturated heterocycles. The van der Waals surface area contributed by atoms with Crippen LogP contribution in [0.15, 0.2) is 0 Å². The second-order valence-corrected chi connectivity index (χ2v) is 7.35. The fourth-order valence-corrected chi connectivity index (χ4v) is 4.07. The third kappa shape index (κ3) is 3.96. The van der Waals surface area contributed by atoms with Crippen molar-refractivity contribution in [2.24, 2.45) is 17.3 Å². The van der Waals surface area contributed by atoms with E-state index in [0.717, 1.165) is 25.3 Å². The minimum Gasteiger partial charge on any atom is -0.393 e. The van der Waals surface area contributed by atoms with E-state index in [1.54, 1.807) is 0 Å². The van der Waals surface area contributed by atoms with Crippen LogP contribution >= 0.6 is 0 Å². The van der Waals surface area contributed by atoms with Crippen molar-refractivity contribution in [1.82, 2.24) is 5.32 Å². The first-order valence-corrected chi connectivity index (χ1v) is 7.36. The van der Waals surface area contributed by atoms with Gasteiger partial charge in [0.25, 0.3) is 0 Å². The summed E-state index contributed by atoms with van der Waals surface area (Å²) in [6.07, 6.45) is 7.22. The van der Waals surface area contributed by atoms with E-state index in [0.29, 0.717) is 17.4 Å². The van der Waals surface area contributed by atoms with Crippen molar-refractivity contribution in [1.29, 1.82) is 0 Å². The quantitative estimate of drug-likeness (QED) is 0.793. The maximum absolute atomic E-state index is 9.53. The minimum absolute atomic E-state index is 0.0245. The number of rotatable bonds is 3. The number of hydrogen-bond acceptors (Lipinski definition) is 2. The van der Waals surface area contributed by atoms with Gasteiger partial charge in [-0.1, -0.05) is 20.8 Å². The lowest BCUT2D eigenvalue weighted by Crippen LogP contribution is -2.41. The number of aliphatic hydroxyl groups is 1. The topological polar surface area (TPSA) is 32.3 Å². The Morgan fingerprint density at radius 3 is 2.53 bits per heavy atom. The van der Waals surface area contributed by atoms with Gasteiger partial charge >= 0.3 is 0 Å². The largest absolute Gasteiger partial charge is 0.393 e. The molecule has 0 amide bonds. The van der Waals surface area contributed by atoms with Crippen molar-refractivity contribution in [3.05, 3.63) is 0 Å². The molecule has 17 heavy (non-hydrogen) atoms. The Morgan fingerprint density at radius 2 is 1.94 bits per heavy atom. The van der Waals surface area contributed by atoms with Crippen molar-refractivity contribution in [2.75, 3.05) is 6.54 Å². The molecule has 2 heteroatoms. The Balaban J connectivity index is 1.75. The highest BCUT2D eigenvalue weighted by Gasteiger charge is 2.32. The maximum atomic E-state index is 9.53. The van der Waals surface area contributed by atoms with E-state index in [-0.39, 0.29) is 6.10 Å². The predicted molar refractivity (Wildman–Crippen MR) is 71.9 cm³/mol. The SMILES string of the molecule is CC1CC(NCC2CCC(O)C2)CC(C)(C)C1. The van der Waals surface area contributed by atoms with Crippen LogP contribution in [0.25, 0.3) is 0 Å². The smallest absolute Gasteiger partial charge is 0.0543 e. The van der Waals surface area contributed by atoms with Gasteiger partial charge in [-0.05, 0) is 62.3 Å². The summed E-state index contributed by atoms with van der Waals surface area (Å²) in [5, 5.41) is 13.3. The van der Waals surface area contributed by atoms with Crippen molar-refractivity contribution in [2.45, 2.75) is 71.4 Å². The Morgan fingerprint density at radius 1 is 1.18 bits per heavy atom. The van der Waals surface area contributed by atoms with E-state index < -0.39 is 0 Å². The van der Waals surface area contributed by atoms with Crippen molar-refractivity contribution < 1.29 is 5.11 Å². The Bertz CT molecular complexity index is 251. The summed E-state index contributed by atoms with van der Waals surface area (Å²) in [5.74, 6) is 1.57. The zero-order chi connectivity index (χ0) is 12.5. The molecule has 2 aliphatic carbocycles. The highest BCUT2D eigenvalue weighted by atomic mass is 16.3. The Labute approximate surface area is 106 Å². The molecule has 0 bridgehead atoms. The van der Waals surface area contributed by atoms with Crippen molar-refractivity contribution in [3.8, 4) is 0 Å². The Kier molecular flexibility index (Phi) is 4.14. The molecule has 2 saturated carbocycles. The lowest BCUT2D eigenvalue weighted by molar-refractivity contribution is 0.146. The summed E-state index contributed by atoms with van der Waals surface area (Å²) >= 11 is 0. The van der Waals surface area contributed by atoms with Crippen LogP contribution < -0.4 is 5.32 Å². The summed E-state index contributed by atoms with van der Waals surface area (Å²) in [6.45, 7) is 8.30. The molecule has 2 nitrogen and oxygen atoms in total. The molecule has 2 N–H and O–H groups in total. The lowest BCUT2D eigenvalue weighted by atomic mass is 9.70. The molecule has 2 fully saturated rings. The molecule has 0 radical (unpaired) electrons. The number of nitrogens with one attached hydrogen (secondary N) is 1. The van der Waals surface area contributed by atoms with Gasteiger partial charge in [-0.25, -0.2) is 0 Å². The Hall–Kier alpha value is -0.0800. The normalized spacial score (nSPS) is 41.6. The summed E-state index contributed by atoms with van der Waals surface area (Å²) in [7, 11) is 0. The first-order chi connectivity index (χ1) is 7.94. The zero-order valence-electron chi connectivity index (χ0n) is 11.7. The van der Waals surface area contributed by atoms with E-state index in [9.17, 15) is 5.11 Å². The van der Waals surface area contributed by atoms with Crippen molar-refractivity contribution >= 4 is 0 Å². The molecule has 0 aromatic carbocycles. The third-order valence-electron chi connectivity index (χ3n) is 4.60. The van der Waals surface area contributed by atoms with Crippen LogP contribution in [-0.2, 0) is 0 Å². The van der Waals surface area contributed by atoms with Crippen LogP contribution in [0, 0.1) is 17.3 Å². The molecule has 0 aliphatic heterocycles. The molecular weight excluding hydrogens is 210 g/mol. The second kappa shape index (κ2) is 5.27. The highest BCUT2D eigenvalue weighted by Crippen LogP contribution is 2.38. The van der Waals surface area contributed by atoms with E-state index in [1.165, 1.54) is 25.7 Å². The molecular formula is C15H29NO. The standard InChI is InChI=1S/C15H29NO/c1-11-6-13(9-15(2,3)8-11)16-10-12-4-5-14(17)7-12/h11-14,16-17H,4-10H2,1-3H3. The fraction of sp³-hybridized carbons (Fsp3) is 1.00. The van der Waals surface area contributed by atoms with Crippen LogP contribution in [0.3, 0.4) is 0 Å². The van der Waals surface area contributed by atoms with Gasteiger partial charge < -0.3 is 10.4 Å². The van der Waals surface area contributed by atoms with Crippen LogP contribution in [0.2, 0.25) is 0 Å². The minimum atomic E-state index is -0.0245. The number of hydrogen-bond donors (Lipinski definition) is 2. The zero-order valence-corrected chi connectivity index (χ0v) is 11.7. The van der Waals surface area contributed by atoms with Gasteiger partial charge in [0.15, 0.2) is 0 Å². The third-order valence-corrected chi connectivity index (χ3v) is 4.60. The molecule has 100 valence electrons. The van der Waals surface area contributed by atoms with Crippen LogP contribution in [0.1, 0.15) is 59.3 Å². The van der Waals surface area contributed by atoms with Crippen LogP contribution in [-0.4, -0.2) is 23.8 Å². The molecule has 2 aliphatic rings.